The molecule has 0 aliphatic rings. The van der Waals surface area contributed by atoms with Gasteiger partial charge in [-0.25, -0.2) is 14.8 Å². The van der Waals surface area contributed by atoms with E-state index in [0.717, 1.165) is 37.4 Å². The molecule has 172 valence electrons. The van der Waals surface area contributed by atoms with Crippen LogP contribution in [0, 0.1) is 0 Å². The molecule has 0 N–H and O–H groups in total. The summed E-state index contributed by atoms with van der Waals surface area (Å²) in [5.41, 5.74) is -7.77. The number of carbonyl (C=O) groups excluding carboxylic acids is 2. The maximum absolute atomic E-state index is 13.5. The summed E-state index contributed by atoms with van der Waals surface area (Å²) in [7, 11) is -5.33. The molecule has 0 atom stereocenters. The number of benzene rings is 2. The van der Waals surface area contributed by atoms with Gasteiger partial charge < -0.3 is 9.47 Å². The number of hydrogen-bond donors (Lipinski definition) is 0. The molecule has 0 unspecified atom stereocenters. The molecule has 33 heavy (non-hydrogen) atoms. The number of esters is 1. The van der Waals surface area contributed by atoms with Crippen LogP contribution in [0.3, 0.4) is 0 Å². The van der Waals surface area contributed by atoms with E-state index in [9.17, 15) is 31.2 Å². The average molecular weight is 481 g/mol. The van der Waals surface area contributed by atoms with E-state index in [2.05, 4.69) is 14.7 Å². The lowest BCUT2D eigenvalue weighted by molar-refractivity contribution is -0.0437. The summed E-state index contributed by atoms with van der Waals surface area (Å²) < 4.78 is 74.7. The van der Waals surface area contributed by atoms with E-state index in [1.807, 2.05) is 0 Å². The first-order valence-corrected chi connectivity index (χ1v) is 10.4. The van der Waals surface area contributed by atoms with Gasteiger partial charge in [-0.15, -0.1) is 0 Å². The van der Waals surface area contributed by atoms with Gasteiger partial charge in [-0.1, -0.05) is 18.2 Å². The molecule has 0 saturated heterocycles. The fourth-order valence-electron chi connectivity index (χ4n) is 2.62. The number of ether oxygens (including phenoxy) is 2. The standard InChI is InChI=1S/C20H14F3N3O6S/c1-31-18(28)15-12-14(32-19-24-10-5-11-25-19)8-9-16(15)26(33(29,30)20(21,22)23)17(27)13-6-3-2-4-7-13/h2-12H,1H3. The highest BCUT2D eigenvalue weighted by Gasteiger charge is 2.53. The van der Waals surface area contributed by atoms with Gasteiger partial charge in [0, 0.05) is 18.0 Å². The summed E-state index contributed by atoms with van der Waals surface area (Å²) in [6.45, 7) is 0. The number of amides is 1. The van der Waals surface area contributed by atoms with Crippen molar-refractivity contribution in [3.63, 3.8) is 0 Å². The number of nitrogens with zero attached hydrogens (tertiary/aromatic N) is 3. The smallest absolute Gasteiger partial charge is 0.465 e. The molecule has 3 aromatic rings. The summed E-state index contributed by atoms with van der Waals surface area (Å²) in [5, 5.41) is 0. The van der Waals surface area contributed by atoms with Crippen LogP contribution in [0.5, 0.6) is 11.8 Å². The zero-order valence-corrected chi connectivity index (χ0v) is 17.5. The minimum absolute atomic E-state index is 0.123. The second-order valence-corrected chi connectivity index (χ2v) is 7.97. The second kappa shape index (κ2) is 9.24. The Balaban J connectivity index is 2.20. The summed E-state index contributed by atoms with van der Waals surface area (Å²) in [6.07, 6.45) is 2.71. The third kappa shape index (κ3) is 4.92. The van der Waals surface area contributed by atoms with Crippen LogP contribution < -0.4 is 9.04 Å². The highest BCUT2D eigenvalue weighted by molar-refractivity contribution is 7.94. The molecule has 0 fully saturated rings. The Morgan fingerprint density at radius 3 is 2.18 bits per heavy atom. The molecule has 0 saturated carbocycles. The van der Waals surface area contributed by atoms with Crippen LogP contribution in [-0.4, -0.2) is 42.9 Å². The highest BCUT2D eigenvalue weighted by atomic mass is 32.2. The molecule has 0 aliphatic carbocycles. The van der Waals surface area contributed by atoms with Gasteiger partial charge in [0.05, 0.1) is 18.4 Å². The molecule has 1 aromatic heterocycles. The zero-order valence-electron chi connectivity index (χ0n) is 16.7. The molecule has 0 radical (unpaired) electrons. The molecule has 0 bridgehead atoms. The van der Waals surface area contributed by atoms with Gasteiger partial charge in [0.2, 0.25) is 0 Å². The van der Waals surface area contributed by atoms with Crippen molar-refractivity contribution in [2.45, 2.75) is 5.51 Å². The monoisotopic (exact) mass is 481 g/mol. The number of sulfonamides is 1. The molecule has 0 spiro atoms. The van der Waals surface area contributed by atoms with E-state index in [-0.39, 0.29) is 17.3 Å². The molecular formula is C20H14F3N3O6S. The molecular weight excluding hydrogens is 467 g/mol. The molecule has 2 aromatic carbocycles. The Morgan fingerprint density at radius 2 is 1.61 bits per heavy atom. The van der Waals surface area contributed by atoms with Crippen molar-refractivity contribution >= 4 is 27.6 Å². The third-order valence-corrected chi connectivity index (χ3v) is 5.51. The molecule has 9 nitrogen and oxygen atoms in total. The summed E-state index contributed by atoms with van der Waals surface area (Å²) in [5.74, 6) is -2.87. The van der Waals surface area contributed by atoms with Gasteiger partial charge >= 0.3 is 27.5 Å². The maximum atomic E-state index is 13.5. The van der Waals surface area contributed by atoms with Gasteiger partial charge in [0.15, 0.2) is 0 Å². The maximum Gasteiger partial charge on any atom is 0.517 e. The van der Waals surface area contributed by atoms with Crippen LogP contribution in [0.15, 0.2) is 67.0 Å². The Kier molecular flexibility index (Phi) is 6.62. The molecule has 13 heteroatoms. The number of aromatic nitrogens is 2. The summed E-state index contributed by atoms with van der Waals surface area (Å²) >= 11 is 0. The van der Waals surface area contributed by atoms with Gasteiger partial charge in [0.1, 0.15) is 5.75 Å². The van der Waals surface area contributed by atoms with Crippen LogP contribution in [0.25, 0.3) is 0 Å². The number of methoxy groups -OCH3 is 1. The Labute approximate surface area is 185 Å². The first-order valence-electron chi connectivity index (χ1n) is 8.94. The van der Waals surface area contributed by atoms with Crippen LogP contribution in [0.1, 0.15) is 20.7 Å². The van der Waals surface area contributed by atoms with Crippen molar-refractivity contribution in [2.75, 3.05) is 11.4 Å². The second-order valence-electron chi connectivity index (χ2n) is 6.19. The SMILES string of the molecule is COC(=O)c1cc(Oc2ncccn2)ccc1N(C(=O)c1ccccc1)S(=O)(=O)C(F)(F)F. The number of halogens is 3. The minimum Gasteiger partial charge on any atom is -0.465 e. The van der Waals surface area contributed by atoms with Crippen molar-refractivity contribution in [1.29, 1.82) is 0 Å². The van der Waals surface area contributed by atoms with Crippen molar-refractivity contribution in [1.82, 2.24) is 9.97 Å². The van der Waals surface area contributed by atoms with Crippen molar-refractivity contribution in [3.8, 4) is 11.8 Å². The fourth-order valence-corrected chi connectivity index (χ4v) is 3.57. The van der Waals surface area contributed by atoms with Crippen LogP contribution in [0.4, 0.5) is 18.9 Å². The van der Waals surface area contributed by atoms with Gasteiger partial charge in [-0.05, 0) is 36.4 Å². The molecule has 3 rings (SSSR count). The van der Waals surface area contributed by atoms with Crippen LogP contribution in [0.2, 0.25) is 0 Å². The van der Waals surface area contributed by atoms with Crippen LogP contribution >= 0.6 is 0 Å². The van der Waals surface area contributed by atoms with Gasteiger partial charge in [-0.3, -0.25) is 4.79 Å². The third-order valence-electron chi connectivity index (χ3n) is 4.08. The van der Waals surface area contributed by atoms with Crippen molar-refractivity contribution in [2.24, 2.45) is 0 Å². The predicted molar refractivity (Wildman–Crippen MR) is 108 cm³/mol. The van der Waals surface area contributed by atoms with E-state index in [4.69, 9.17) is 4.74 Å². The lowest BCUT2D eigenvalue weighted by atomic mass is 10.1. The lowest BCUT2D eigenvalue weighted by Gasteiger charge is -2.25. The van der Waals surface area contributed by atoms with E-state index >= 15 is 0 Å². The first kappa shape index (κ1) is 23.7. The predicted octanol–water partition coefficient (Wildman–Crippen LogP) is 3.55. The number of rotatable bonds is 6. The molecule has 1 heterocycles. The number of anilines is 1. The van der Waals surface area contributed by atoms with E-state index in [0.29, 0.717) is 0 Å². The topological polar surface area (TPSA) is 116 Å². The fraction of sp³-hybridized carbons (Fsp3) is 0.100. The first-order chi connectivity index (χ1) is 15.6. The van der Waals surface area contributed by atoms with Crippen molar-refractivity contribution in [3.05, 3.63) is 78.1 Å². The molecule has 1 amide bonds. The van der Waals surface area contributed by atoms with Crippen molar-refractivity contribution < 1.29 is 40.7 Å². The van der Waals surface area contributed by atoms with E-state index < -0.39 is 43.0 Å². The van der Waals surface area contributed by atoms with E-state index in [1.54, 1.807) is 0 Å². The van der Waals surface area contributed by atoms with Crippen LogP contribution in [-0.2, 0) is 14.8 Å². The van der Waals surface area contributed by atoms with Gasteiger partial charge in [-0.2, -0.15) is 25.9 Å². The number of carbonyl (C=O) groups is 2. The Morgan fingerprint density at radius 1 is 0.970 bits per heavy atom. The number of alkyl halides is 3. The zero-order chi connectivity index (χ0) is 24.2. The minimum atomic E-state index is -6.26. The number of hydrogen-bond acceptors (Lipinski definition) is 8. The van der Waals surface area contributed by atoms with Gasteiger partial charge in [0.25, 0.3) is 5.91 Å². The Bertz CT molecular complexity index is 1270. The largest absolute Gasteiger partial charge is 0.517 e. The lowest BCUT2D eigenvalue weighted by Crippen LogP contribution is -2.45. The van der Waals surface area contributed by atoms with E-state index in [1.165, 1.54) is 36.7 Å². The molecule has 0 aliphatic heterocycles. The Hall–Kier alpha value is -4.00. The summed E-state index contributed by atoms with van der Waals surface area (Å²) in [6, 6.07) is 10.5. The normalized spacial score (nSPS) is 11.5. The highest BCUT2D eigenvalue weighted by Crippen LogP contribution is 2.36. The average Bonchev–Trinajstić information content (AvgIpc) is 2.79. The quantitative estimate of drug-likeness (QED) is 0.491. The summed E-state index contributed by atoms with van der Waals surface area (Å²) in [4.78, 5) is 32.9.